The number of halogens is 3. The van der Waals surface area contributed by atoms with Crippen molar-refractivity contribution in [3.8, 4) is 0 Å². The van der Waals surface area contributed by atoms with Crippen LogP contribution in [-0.4, -0.2) is 56.4 Å². The molecule has 0 aliphatic carbocycles. The minimum atomic E-state index is -2.70. The van der Waals surface area contributed by atoms with E-state index in [9.17, 15) is 8.78 Å². The summed E-state index contributed by atoms with van der Waals surface area (Å²) in [6, 6.07) is 7.54. The Labute approximate surface area is 171 Å². The van der Waals surface area contributed by atoms with Crippen molar-refractivity contribution in [1.82, 2.24) is 19.7 Å². The van der Waals surface area contributed by atoms with Gasteiger partial charge < -0.3 is 10.0 Å². The molecule has 0 amide bonds. The highest BCUT2D eigenvalue weighted by atomic mass is 35.5. The normalized spacial score (nSPS) is 20.6. The van der Waals surface area contributed by atoms with Gasteiger partial charge in [0, 0.05) is 36.1 Å². The highest BCUT2D eigenvalue weighted by molar-refractivity contribution is 7.97. The maximum Gasteiger partial charge on any atom is 0.266 e. The summed E-state index contributed by atoms with van der Waals surface area (Å²) in [5.41, 5.74) is 5.96. The number of rotatable bonds is 6. The minimum absolute atomic E-state index is 0.0256. The van der Waals surface area contributed by atoms with E-state index in [2.05, 4.69) is 10.6 Å². The molecular formula is C18H20ClF2N5OS. The van der Waals surface area contributed by atoms with E-state index in [1.165, 1.54) is 11.9 Å². The number of alkyl halides is 2. The van der Waals surface area contributed by atoms with Crippen LogP contribution >= 0.6 is 23.5 Å². The Kier molecular flexibility index (Phi) is 5.39. The largest absolute Gasteiger partial charge is 0.395 e. The van der Waals surface area contributed by atoms with Crippen molar-refractivity contribution in [2.24, 2.45) is 5.10 Å². The number of hydrogen-bond acceptors (Lipinski definition) is 7. The summed E-state index contributed by atoms with van der Waals surface area (Å²) in [4.78, 5) is 1.67. The second-order valence-corrected chi connectivity index (χ2v) is 8.21. The summed E-state index contributed by atoms with van der Waals surface area (Å²) in [5.74, 6) is -2.21. The van der Waals surface area contributed by atoms with Crippen LogP contribution in [0.1, 0.15) is 12.0 Å². The van der Waals surface area contributed by atoms with Crippen molar-refractivity contribution in [2.75, 3.05) is 25.4 Å². The molecule has 2 N–H and O–H groups in total. The predicted octanol–water partition coefficient (Wildman–Crippen LogP) is 3.00. The number of likely N-dealkylation sites (tertiary alicyclic amines) is 1. The SMILES string of the molecule is OCCSN1C=C(N2CCC(F)(F)C2)C2=NNN(Cc3ccccc3Cl)C2=C1. The number of aliphatic hydroxyl groups excluding tert-OH is 1. The molecule has 1 aromatic carbocycles. The van der Waals surface area contributed by atoms with Crippen LogP contribution in [0.2, 0.25) is 5.02 Å². The third-order valence-electron chi connectivity index (χ3n) is 4.69. The average molecular weight is 428 g/mol. The molecule has 1 fully saturated rings. The summed E-state index contributed by atoms with van der Waals surface area (Å²) >= 11 is 7.68. The zero-order chi connectivity index (χ0) is 19.7. The Morgan fingerprint density at radius 2 is 2.04 bits per heavy atom. The quantitative estimate of drug-likeness (QED) is 0.681. The number of nitrogens with one attached hydrogen (secondary N) is 1. The number of hydrogen-bond donors (Lipinski definition) is 2. The average Bonchev–Trinajstić information content (AvgIpc) is 3.24. The van der Waals surface area contributed by atoms with Crippen molar-refractivity contribution in [2.45, 2.75) is 18.9 Å². The van der Waals surface area contributed by atoms with Gasteiger partial charge in [0.25, 0.3) is 5.92 Å². The first kappa shape index (κ1) is 19.4. The Hall–Kier alpha value is -1.97. The molecule has 0 radical (unpaired) electrons. The fraction of sp³-hybridized carbons (Fsp3) is 0.389. The first-order valence-corrected chi connectivity index (χ1v) is 10.2. The second kappa shape index (κ2) is 7.81. The Balaban J connectivity index is 1.59. The van der Waals surface area contributed by atoms with Crippen LogP contribution in [0.15, 0.2) is 53.2 Å². The van der Waals surface area contributed by atoms with Gasteiger partial charge in [-0.05, 0) is 23.6 Å². The summed E-state index contributed by atoms with van der Waals surface area (Å²) in [6.45, 7) is 0.445. The van der Waals surface area contributed by atoms with Gasteiger partial charge in [-0.1, -0.05) is 29.8 Å². The molecule has 0 unspecified atom stereocenters. The monoisotopic (exact) mass is 427 g/mol. The van der Waals surface area contributed by atoms with Crippen LogP contribution < -0.4 is 5.53 Å². The molecule has 6 nitrogen and oxygen atoms in total. The van der Waals surface area contributed by atoms with E-state index >= 15 is 0 Å². The number of fused-ring (bicyclic) bond motifs is 1. The Bertz CT molecular complexity index is 847. The highest BCUT2D eigenvalue weighted by Gasteiger charge is 2.42. The standard InChI is InChI=1S/C18H20ClF2N5OS/c19-14-4-2-1-3-13(14)9-26-16-11-25(28-8-7-27)10-15(17(16)22-23-26)24-6-5-18(20,21)12-24/h1-4,10-11,23,27H,5-9,12H2. The van der Waals surface area contributed by atoms with Gasteiger partial charge in [-0.25, -0.2) is 14.3 Å². The van der Waals surface area contributed by atoms with E-state index < -0.39 is 5.92 Å². The van der Waals surface area contributed by atoms with Crippen LogP contribution in [0.3, 0.4) is 0 Å². The maximum absolute atomic E-state index is 13.8. The topological polar surface area (TPSA) is 54.3 Å². The lowest BCUT2D eigenvalue weighted by molar-refractivity contribution is 0.0156. The van der Waals surface area contributed by atoms with Crippen LogP contribution in [0.25, 0.3) is 0 Å². The first-order valence-electron chi connectivity index (χ1n) is 8.90. The van der Waals surface area contributed by atoms with Crippen molar-refractivity contribution in [3.05, 3.63) is 58.6 Å². The van der Waals surface area contributed by atoms with E-state index in [-0.39, 0.29) is 26.1 Å². The smallest absolute Gasteiger partial charge is 0.266 e. The summed E-state index contributed by atoms with van der Waals surface area (Å²) in [5, 5.41) is 16.0. The molecule has 28 heavy (non-hydrogen) atoms. The summed E-state index contributed by atoms with van der Waals surface area (Å²) in [7, 11) is 0. The van der Waals surface area contributed by atoms with Crippen molar-refractivity contribution in [1.29, 1.82) is 0 Å². The van der Waals surface area contributed by atoms with E-state index in [1.807, 2.05) is 39.8 Å². The molecular weight excluding hydrogens is 408 g/mol. The van der Waals surface area contributed by atoms with Gasteiger partial charge in [-0.2, -0.15) is 5.10 Å². The summed E-state index contributed by atoms with van der Waals surface area (Å²) < 4.78 is 29.4. The molecule has 3 aliphatic heterocycles. The first-order chi connectivity index (χ1) is 13.5. The van der Waals surface area contributed by atoms with Gasteiger partial charge in [-0.3, -0.25) is 9.31 Å². The van der Waals surface area contributed by atoms with Crippen molar-refractivity contribution < 1.29 is 13.9 Å². The van der Waals surface area contributed by atoms with Crippen LogP contribution in [0.5, 0.6) is 0 Å². The highest BCUT2D eigenvalue weighted by Crippen LogP contribution is 2.35. The number of hydrazone groups is 1. The zero-order valence-corrected chi connectivity index (χ0v) is 16.6. The molecule has 3 heterocycles. The van der Waals surface area contributed by atoms with Crippen molar-refractivity contribution >= 4 is 29.3 Å². The van der Waals surface area contributed by atoms with E-state index in [0.717, 1.165) is 11.3 Å². The predicted molar refractivity (Wildman–Crippen MR) is 106 cm³/mol. The van der Waals surface area contributed by atoms with Crippen LogP contribution in [-0.2, 0) is 6.54 Å². The van der Waals surface area contributed by atoms with Crippen molar-refractivity contribution in [3.63, 3.8) is 0 Å². The molecule has 1 aromatic rings. The van der Waals surface area contributed by atoms with Gasteiger partial charge >= 0.3 is 0 Å². The molecule has 4 rings (SSSR count). The Morgan fingerprint density at radius 3 is 2.75 bits per heavy atom. The molecule has 150 valence electrons. The minimum Gasteiger partial charge on any atom is -0.395 e. The van der Waals surface area contributed by atoms with Crippen LogP contribution in [0.4, 0.5) is 8.78 Å². The van der Waals surface area contributed by atoms with Crippen LogP contribution in [0, 0.1) is 0 Å². The molecule has 0 saturated carbocycles. The lowest BCUT2D eigenvalue weighted by Gasteiger charge is -2.30. The van der Waals surface area contributed by atoms with E-state index in [4.69, 9.17) is 16.7 Å². The lowest BCUT2D eigenvalue weighted by atomic mass is 10.1. The van der Waals surface area contributed by atoms with Gasteiger partial charge in [0.1, 0.15) is 11.4 Å². The van der Waals surface area contributed by atoms with Gasteiger partial charge in [0.15, 0.2) is 0 Å². The fourth-order valence-electron chi connectivity index (χ4n) is 3.32. The molecule has 0 spiro atoms. The molecule has 3 aliphatic rings. The maximum atomic E-state index is 13.8. The molecule has 0 bridgehead atoms. The Morgan fingerprint density at radius 1 is 1.25 bits per heavy atom. The number of aliphatic hydroxyl groups is 1. The second-order valence-electron chi connectivity index (χ2n) is 6.71. The molecule has 10 heteroatoms. The van der Waals surface area contributed by atoms with Gasteiger partial charge in [-0.15, -0.1) is 0 Å². The van der Waals surface area contributed by atoms with E-state index in [0.29, 0.717) is 28.7 Å². The number of nitrogens with zero attached hydrogens (tertiary/aromatic N) is 4. The zero-order valence-electron chi connectivity index (χ0n) is 15.0. The third-order valence-corrected chi connectivity index (χ3v) is 5.93. The van der Waals surface area contributed by atoms with E-state index in [1.54, 1.807) is 11.1 Å². The van der Waals surface area contributed by atoms with Gasteiger partial charge in [0.05, 0.1) is 25.4 Å². The number of hydrazine groups is 1. The third kappa shape index (κ3) is 3.92. The lowest BCUT2D eigenvalue weighted by Crippen LogP contribution is -2.35. The van der Waals surface area contributed by atoms with Gasteiger partial charge in [0.2, 0.25) is 0 Å². The molecule has 1 saturated heterocycles. The fourth-order valence-corrected chi connectivity index (χ4v) is 4.16. The molecule has 0 atom stereocenters. The summed E-state index contributed by atoms with van der Waals surface area (Å²) in [6.07, 6.45) is 3.51. The number of benzene rings is 1. The molecule has 0 aromatic heterocycles.